The molecular weight excluding hydrogens is 325 g/mol. The Morgan fingerprint density at radius 1 is 1.24 bits per heavy atom. The Bertz CT molecular complexity index is 847. The van der Waals surface area contributed by atoms with Crippen LogP contribution in [0.4, 0.5) is 0 Å². The first-order valence-corrected chi connectivity index (χ1v) is 8.07. The van der Waals surface area contributed by atoms with E-state index >= 15 is 0 Å². The van der Waals surface area contributed by atoms with Crippen molar-refractivity contribution in [1.82, 2.24) is 4.57 Å². The number of carbonyl (C=O) groups excluding carboxylic acids is 1. The molecule has 0 saturated carbocycles. The van der Waals surface area contributed by atoms with Crippen LogP contribution in [0.2, 0.25) is 10.0 Å². The zero-order valence-corrected chi connectivity index (χ0v) is 13.9. The second kappa shape index (κ2) is 5.48. The molecule has 2 nitrogen and oxygen atoms in total. The molecule has 2 aromatic heterocycles. The molecule has 0 aliphatic rings. The number of thiophene rings is 1. The quantitative estimate of drug-likeness (QED) is 0.577. The van der Waals surface area contributed by atoms with Crippen molar-refractivity contribution in [2.45, 2.75) is 20.4 Å². The Balaban J connectivity index is 1.99. The van der Waals surface area contributed by atoms with E-state index in [9.17, 15) is 4.79 Å². The summed E-state index contributed by atoms with van der Waals surface area (Å²) in [6.07, 6.45) is 1.87. The molecule has 0 amide bonds. The zero-order valence-electron chi connectivity index (χ0n) is 11.6. The topological polar surface area (TPSA) is 22.0 Å². The van der Waals surface area contributed by atoms with Crippen LogP contribution in [0.3, 0.4) is 0 Å². The fraction of sp³-hybridized carbons (Fsp3) is 0.188. The van der Waals surface area contributed by atoms with Crippen molar-refractivity contribution in [3.8, 4) is 0 Å². The van der Waals surface area contributed by atoms with E-state index in [2.05, 4.69) is 0 Å². The van der Waals surface area contributed by atoms with Crippen LogP contribution in [0, 0.1) is 13.8 Å². The molecule has 0 atom stereocenters. The predicted molar refractivity (Wildman–Crippen MR) is 90.1 cm³/mol. The Morgan fingerprint density at radius 3 is 2.67 bits per heavy atom. The number of ketones is 1. The van der Waals surface area contributed by atoms with Gasteiger partial charge in [0, 0.05) is 31.9 Å². The number of rotatable bonds is 3. The van der Waals surface area contributed by atoms with Gasteiger partial charge in [-0.25, -0.2) is 0 Å². The molecule has 0 aliphatic heterocycles. The molecule has 108 valence electrons. The molecule has 2 heterocycles. The number of benzene rings is 1. The highest BCUT2D eigenvalue weighted by atomic mass is 35.5. The lowest BCUT2D eigenvalue weighted by molar-refractivity contribution is 0.0973. The van der Waals surface area contributed by atoms with E-state index in [-0.39, 0.29) is 12.3 Å². The summed E-state index contributed by atoms with van der Waals surface area (Å²) in [6.45, 7) is 4.28. The third-order valence-electron chi connectivity index (χ3n) is 3.46. The average Bonchev–Trinajstić information content (AvgIpc) is 2.93. The maximum Gasteiger partial charge on any atom is 0.183 e. The van der Waals surface area contributed by atoms with E-state index in [1.807, 2.05) is 42.8 Å². The van der Waals surface area contributed by atoms with E-state index < -0.39 is 0 Å². The minimum absolute atomic E-state index is 0.102. The second-order valence-electron chi connectivity index (χ2n) is 5.01. The maximum atomic E-state index is 12.5. The molecule has 0 spiro atoms. The number of hydrogen-bond donors (Lipinski definition) is 0. The summed E-state index contributed by atoms with van der Waals surface area (Å²) in [6, 6.07) is 7.41. The van der Waals surface area contributed by atoms with Gasteiger partial charge in [-0.1, -0.05) is 23.2 Å². The summed E-state index contributed by atoms with van der Waals surface area (Å²) in [5.74, 6) is 0.102. The van der Waals surface area contributed by atoms with Gasteiger partial charge in [0.25, 0.3) is 0 Å². The van der Waals surface area contributed by atoms with E-state index in [0.717, 1.165) is 26.2 Å². The number of aryl methyl sites for hydroxylation is 2. The first-order valence-electron chi connectivity index (χ1n) is 6.50. The third-order valence-corrected chi connectivity index (χ3v) is 4.96. The zero-order chi connectivity index (χ0) is 15.1. The normalized spacial score (nSPS) is 11.2. The van der Waals surface area contributed by atoms with Gasteiger partial charge in [-0.2, -0.15) is 0 Å². The van der Waals surface area contributed by atoms with Crippen LogP contribution < -0.4 is 0 Å². The molecule has 21 heavy (non-hydrogen) atoms. The van der Waals surface area contributed by atoms with Crippen molar-refractivity contribution in [1.29, 1.82) is 0 Å². The number of halogens is 2. The fourth-order valence-electron chi connectivity index (χ4n) is 2.50. The molecule has 0 aliphatic carbocycles. The summed E-state index contributed by atoms with van der Waals surface area (Å²) >= 11 is 13.9. The predicted octanol–water partition coefficient (Wildman–Crippen LogP) is 5.51. The number of hydrogen-bond acceptors (Lipinski definition) is 2. The number of carbonyl (C=O) groups is 1. The van der Waals surface area contributed by atoms with Crippen LogP contribution in [-0.4, -0.2) is 10.4 Å². The SMILES string of the molecule is Cc1cc(C(=O)Cn2ccc3c(Cl)cc(Cl)cc32)c(C)s1. The van der Waals surface area contributed by atoms with Crippen LogP contribution in [0.5, 0.6) is 0 Å². The average molecular weight is 338 g/mol. The molecule has 0 radical (unpaired) electrons. The van der Waals surface area contributed by atoms with Crippen LogP contribution in [0.25, 0.3) is 10.9 Å². The van der Waals surface area contributed by atoms with Gasteiger partial charge >= 0.3 is 0 Å². The molecule has 0 saturated heterocycles. The van der Waals surface area contributed by atoms with Gasteiger partial charge < -0.3 is 4.57 Å². The second-order valence-corrected chi connectivity index (χ2v) is 7.32. The lowest BCUT2D eigenvalue weighted by atomic mass is 10.1. The Labute approximate surface area is 136 Å². The maximum absolute atomic E-state index is 12.5. The molecule has 0 N–H and O–H groups in total. The highest BCUT2D eigenvalue weighted by Gasteiger charge is 2.14. The van der Waals surface area contributed by atoms with Gasteiger partial charge in [-0.05, 0) is 38.1 Å². The highest BCUT2D eigenvalue weighted by Crippen LogP contribution is 2.29. The van der Waals surface area contributed by atoms with E-state index in [0.29, 0.717) is 10.0 Å². The van der Waals surface area contributed by atoms with Crippen LogP contribution in [0.1, 0.15) is 20.1 Å². The van der Waals surface area contributed by atoms with Crippen molar-refractivity contribution in [2.24, 2.45) is 0 Å². The highest BCUT2D eigenvalue weighted by molar-refractivity contribution is 7.12. The van der Waals surface area contributed by atoms with Crippen molar-refractivity contribution >= 4 is 51.2 Å². The number of aromatic nitrogens is 1. The summed E-state index contributed by atoms with van der Waals surface area (Å²) in [5.41, 5.74) is 1.68. The first-order chi connectivity index (χ1) is 9.95. The summed E-state index contributed by atoms with van der Waals surface area (Å²) < 4.78 is 1.89. The molecule has 0 bridgehead atoms. The van der Waals surface area contributed by atoms with E-state index in [1.54, 1.807) is 17.4 Å². The Hall–Kier alpha value is -1.29. The molecule has 0 unspecified atom stereocenters. The lowest BCUT2D eigenvalue weighted by Gasteiger charge is -2.06. The van der Waals surface area contributed by atoms with Gasteiger partial charge in [-0.3, -0.25) is 4.79 Å². The van der Waals surface area contributed by atoms with Gasteiger partial charge in [0.1, 0.15) is 0 Å². The van der Waals surface area contributed by atoms with Gasteiger partial charge in [-0.15, -0.1) is 11.3 Å². The lowest BCUT2D eigenvalue weighted by Crippen LogP contribution is -2.09. The van der Waals surface area contributed by atoms with Crippen molar-refractivity contribution in [2.75, 3.05) is 0 Å². The smallest absolute Gasteiger partial charge is 0.183 e. The van der Waals surface area contributed by atoms with Crippen LogP contribution in [-0.2, 0) is 6.54 Å². The Kier molecular flexibility index (Phi) is 3.82. The van der Waals surface area contributed by atoms with Gasteiger partial charge in [0.2, 0.25) is 0 Å². The van der Waals surface area contributed by atoms with Gasteiger partial charge in [0.05, 0.1) is 17.1 Å². The molecule has 0 fully saturated rings. The summed E-state index contributed by atoms with van der Waals surface area (Å²) in [4.78, 5) is 14.7. The molecule has 1 aromatic carbocycles. The number of fused-ring (bicyclic) bond motifs is 1. The van der Waals surface area contributed by atoms with Crippen LogP contribution in [0.15, 0.2) is 30.5 Å². The minimum Gasteiger partial charge on any atom is -0.340 e. The fourth-order valence-corrected chi connectivity index (χ4v) is 3.99. The molecule has 3 rings (SSSR count). The van der Waals surface area contributed by atoms with Crippen molar-refractivity contribution in [3.63, 3.8) is 0 Å². The van der Waals surface area contributed by atoms with Crippen molar-refractivity contribution < 1.29 is 4.79 Å². The third kappa shape index (κ3) is 2.73. The largest absolute Gasteiger partial charge is 0.340 e. The summed E-state index contributed by atoms with van der Waals surface area (Å²) in [7, 11) is 0. The minimum atomic E-state index is 0.102. The molecule has 5 heteroatoms. The first kappa shape index (κ1) is 14.6. The number of nitrogens with zero attached hydrogens (tertiary/aromatic N) is 1. The summed E-state index contributed by atoms with van der Waals surface area (Å²) in [5, 5.41) is 2.08. The van der Waals surface area contributed by atoms with Gasteiger partial charge in [0.15, 0.2) is 5.78 Å². The molecular formula is C16H13Cl2NOS. The Morgan fingerprint density at radius 2 is 2.00 bits per heavy atom. The standard InChI is InChI=1S/C16H13Cl2NOS/c1-9-5-13(10(2)21-9)16(20)8-19-4-3-12-14(18)6-11(17)7-15(12)19/h3-7H,8H2,1-2H3. The van der Waals surface area contributed by atoms with E-state index in [1.165, 1.54) is 0 Å². The monoisotopic (exact) mass is 337 g/mol. The number of Topliss-reactive ketones (excluding diaryl/α,β-unsaturated/α-hetero) is 1. The molecule has 3 aromatic rings. The van der Waals surface area contributed by atoms with Crippen molar-refractivity contribution in [3.05, 3.63) is 55.8 Å². The van der Waals surface area contributed by atoms with E-state index in [4.69, 9.17) is 23.2 Å². The van der Waals surface area contributed by atoms with Crippen LogP contribution >= 0.6 is 34.5 Å².